The summed E-state index contributed by atoms with van der Waals surface area (Å²) in [5.41, 5.74) is 6.39. The van der Waals surface area contributed by atoms with Gasteiger partial charge in [-0.3, -0.25) is 4.68 Å². The van der Waals surface area contributed by atoms with Gasteiger partial charge in [0.1, 0.15) is 11.9 Å². The topological polar surface area (TPSA) is 78.0 Å². The molecule has 0 radical (unpaired) electrons. The molecule has 3 aromatic rings. The van der Waals surface area contributed by atoms with Gasteiger partial charge in [0.25, 0.3) is 0 Å². The summed E-state index contributed by atoms with van der Waals surface area (Å²) in [5, 5.41) is 5.73. The van der Waals surface area contributed by atoms with Gasteiger partial charge in [-0.25, -0.2) is 9.37 Å². The van der Waals surface area contributed by atoms with Crippen molar-refractivity contribution in [3.05, 3.63) is 58.1 Å². The lowest BCUT2D eigenvalue weighted by Gasteiger charge is -2.22. The number of hydrogen-bond donors (Lipinski definition) is 2. The van der Waals surface area contributed by atoms with Crippen LogP contribution in [0.15, 0.2) is 36.7 Å². The smallest absolute Gasteiger partial charge is 0.166 e. The molecule has 1 saturated heterocycles. The molecular formula is C21H22Cl2FN5O. The Kier molecular flexibility index (Phi) is 3.66. The van der Waals surface area contributed by atoms with Crippen LogP contribution in [0.3, 0.4) is 0 Å². The molecule has 1 aliphatic rings. The first-order valence-electron chi connectivity index (χ1n) is 13.2. The number of nitrogens with zero attached hydrogens (tertiary/aromatic N) is 3. The molecule has 158 valence electrons. The maximum atomic E-state index is 14.0. The van der Waals surface area contributed by atoms with E-state index >= 15 is 0 Å². The molecule has 1 atom stereocenters. The van der Waals surface area contributed by atoms with E-state index in [1.165, 1.54) is 24.4 Å². The van der Waals surface area contributed by atoms with Crippen molar-refractivity contribution in [2.75, 3.05) is 18.7 Å². The van der Waals surface area contributed by atoms with Gasteiger partial charge >= 0.3 is 0 Å². The number of pyridine rings is 1. The van der Waals surface area contributed by atoms with E-state index < -0.39 is 43.7 Å². The largest absolute Gasteiger partial charge is 0.482 e. The Labute approximate surface area is 196 Å². The molecule has 0 aliphatic carbocycles. The van der Waals surface area contributed by atoms with Gasteiger partial charge in [0, 0.05) is 39.5 Å². The minimum Gasteiger partial charge on any atom is -0.482 e. The molecule has 6 nitrogen and oxygen atoms in total. The molecule has 1 aliphatic heterocycles. The molecule has 3 N–H and O–H groups in total. The van der Waals surface area contributed by atoms with Crippen molar-refractivity contribution in [1.82, 2.24) is 20.1 Å². The fraction of sp³-hybridized carbons (Fsp3) is 0.333. The maximum Gasteiger partial charge on any atom is 0.166 e. The summed E-state index contributed by atoms with van der Waals surface area (Å²) in [6.07, 6.45) is -5.16. The monoisotopic (exact) mass is 458 g/mol. The lowest BCUT2D eigenvalue weighted by atomic mass is 10.1. The van der Waals surface area contributed by atoms with Crippen LogP contribution in [0.25, 0.3) is 11.3 Å². The fourth-order valence-corrected chi connectivity index (χ4v) is 3.49. The van der Waals surface area contributed by atoms with Crippen LogP contribution in [0.5, 0.6) is 5.75 Å². The van der Waals surface area contributed by atoms with Gasteiger partial charge in [-0.05, 0) is 56.9 Å². The zero-order valence-electron chi connectivity index (χ0n) is 24.5. The average Bonchev–Trinajstić information content (AvgIpc) is 3.31. The summed E-state index contributed by atoms with van der Waals surface area (Å²) in [4.78, 5) is 4.05. The average molecular weight is 459 g/mol. The highest BCUT2D eigenvalue weighted by Crippen LogP contribution is 2.36. The number of rotatable bonds is 5. The molecule has 0 saturated carbocycles. The molecule has 1 unspecified atom stereocenters. The van der Waals surface area contributed by atoms with Gasteiger partial charge in [0.05, 0.1) is 18.1 Å². The molecule has 0 spiro atoms. The van der Waals surface area contributed by atoms with Crippen molar-refractivity contribution in [3.8, 4) is 17.0 Å². The van der Waals surface area contributed by atoms with E-state index in [1.807, 2.05) is 0 Å². The van der Waals surface area contributed by atoms with Gasteiger partial charge in [-0.1, -0.05) is 23.2 Å². The first kappa shape index (κ1) is 12.5. The van der Waals surface area contributed by atoms with E-state index in [2.05, 4.69) is 10.1 Å². The Morgan fingerprint density at radius 2 is 2.13 bits per heavy atom. The van der Waals surface area contributed by atoms with Crippen LogP contribution in [0.1, 0.15) is 49.7 Å². The second-order valence-electron chi connectivity index (χ2n) is 6.24. The molecular weight excluding hydrogens is 428 g/mol. The second kappa shape index (κ2) is 8.79. The highest BCUT2D eigenvalue weighted by molar-refractivity contribution is 6.36. The highest BCUT2D eigenvalue weighted by atomic mass is 35.5. The number of hydrogen-bond acceptors (Lipinski definition) is 5. The molecule has 30 heavy (non-hydrogen) atoms. The van der Waals surface area contributed by atoms with Crippen molar-refractivity contribution < 1.29 is 21.5 Å². The predicted octanol–water partition coefficient (Wildman–Crippen LogP) is 5.04. The molecule has 2 aromatic heterocycles. The van der Waals surface area contributed by atoms with E-state index in [0.717, 1.165) is 12.3 Å². The Morgan fingerprint density at radius 1 is 1.37 bits per heavy atom. The maximum absolute atomic E-state index is 14.0. The van der Waals surface area contributed by atoms with E-state index in [0.29, 0.717) is 4.68 Å². The number of anilines is 1. The molecule has 4 rings (SSSR count). The number of nitrogens with two attached hydrogens (primary N) is 1. The number of nitrogen functional groups attached to an aromatic ring is 1. The fourth-order valence-electron chi connectivity index (χ4n) is 2.81. The van der Waals surface area contributed by atoms with Crippen LogP contribution in [0.4, 0.5) is 10.2 Å². The van der Waals surface area contributed by atoms with Crippen LogP contribution in [0.2, 0.25) is 10.0 Å². The van der Waals surface area contributed by atoms with E-state index in [1.54, 1.807) is 12.2 Å². The number of aromatic nitrogens is 3. The Morgan fingerprint density at radius 3 is 2.90 bits per heavy atom. The number of piperidine rings is 1. The number of nitrogens with one attached hydrogen (secondary N) is 1. The van der Waals surface area contributed by atoms with Gasteiger partial charge < -0.3 is 15.8 Å². The minimum atomic E-state index is -3.30. The molecule has 3 heterocycles. The quantitative estimate of drug-likeness (QED) is 0.523. The van der Waals surface area contributed by atoms with Crippen LogP contribution in [0, 0.1) is 5.82 Å². The van der Waals surface area contributed by atoms with Crippen molar-refractivity contribution in [2.24, 2.45) is 0 Å². The molecule has 0 bridgehead atoms. The first-order valence-corrected chi connectivity index (χ1v) is 9.45. The third-order valence-electron chi connectivity index (χ3n) is 4.27. The van der Waals surface area contributed by atoms with E-state index in [-0.39, 0.29) is 38.4 Å². The van der Waals surface area contributed by atoms with Crippen molar-refractivity contribution >= 4 is 29.0 Å². The van der Waals surface area contributed by atoms with Crippen molar-refractivity contribution in [3.63, 3.8) is 0 Å². The lowest BCUT2D eigenvalue weighted by molar-refractivity contribution is 0.227. The SMILES string of the molecule is [2H]C1([2H])NC([2H])([2H])C([2H])([2H])C([2H])(n2ccc(-c3cnc(N)c(OC(C)c4c(Cl)ccc(F)c4Cl)c3)n2)C1([2H])[2H]. The summed E-state index contributed by atoms with van der Waals surface area (Å²) in [6.45, 7) is -4.73. The van der Waals surface area contributed by atoms with Gasteiger partial charge in [0.2, 0.25) is 0 Å². The Hall–Kier alpha value is -2.35. The van der Waals surface area contributed by atoms with Gasteiger partial charge in [0.15, 0.2) is 11.6 Å². The van der Waals surface area contributed by atoms with Gasteiger partial charge in [-0.15, -0.1) is 0 Å². The number of halogens is 3. The molecule has 1 aromatic carbocycles. The van der Waals surface area contributed by atoms with E-state index in [9.17, 15) is 4.39 Å². The minimum absolute atomic E-state index is 0.0201. The summed E-state index contributed by atoms with van der Waals surface area (Å²) in [7, 11) is 0. The number of ether oxygens (including phenoxy) is 1. The Bertz CT molecular complexity index is 1410. The molecule has 0 amide bonds. The lowest BCUT2D eigenvalue weighted by Crippen LogP contribution is -2.29. The standard InChI is InChI=1S/C21H22Cl2FN5O/c1-12(19-15(22)2-3-16(24)20(19)23)30-18-10-13(11-27-21(18)25)17-6-9-29(28-17)14-4-7-26-8-5-14/h2-3,6,9-12,14,26H,4-5,7-8H2,1H3,(H2,25,27)/i4D2,5D2,7D2,8D2,14D. The molecule has 1 fully saturated rings. The molecule has 9 heteroatoms. The zero-order chi connectivity index (χ0) is 29.3. The third-order valence-corrected chi connectivity index (χ3v) is 4.99. The van der Waals surface area contributed by atoms with Crippen LogP contribution in [-0.4, -0.2) is 27.8 Å². The zero-order valence-corrected chi connectivity index (χ0v) is 17.0. The first-order chi connectivity index (χ1) is 17.8. The summed E-state index contributed by atoms with van der Waals surface area (Å²) in [6, 6.07) is 1.92. The van der Waals surface area contributed by atoms with Crippen LogP contribution >= 0.6 is 23.2 Å². The van der Waals surface area contributed by atoms with E-state index in [4.69, 9.17) is 46.0 Å². The predicted molar refractivity (Wildman–Crippen MR) is 116 cm³/mol. The van der Waals surface area contributed by atoms with Gasteiger partial charge in [-0.2, -0.15) is 5.10 Å². The highest BCUT2D eigenvalue weighted by Gasteiger charge is 2.21. The second-order valence-corrected chi connectivity index (χ2v) is 7.03. The van der Waals surface area contributed by atoms with Crippen molar-refractivity contribution in [2.45, 2.75) is 31.8 Å². The van der Waals surface area contributed by atoms with Crippen molar-refractivity contribution in [1.29, 1.82) is 0 Å². The van der Waals surface area contributed by atoms with Crippen LogP contribution in [-0.2, 0) is 0 Å². The summed E-state index contributed by atoms with van der Waals surface area (Å²) >= 11 is 12.2. The normalized spacial score (nSPS) is 28.1. The third kappa shape index (κ3) is 4.24. The Balaban J connectivity index is 1.74. The summed E-state index contributed by atoms with van der Waals surface area (Å²) < 4.78 is 94.4. The summed E-state index contributed by atoms with van der Waals surface area (Å²) in [5.74, 6) is -0.739. The van der Waals surface area contributed by atoms with Crippen LogP contribution < -0.4 is 15.8 Å². The number of benzene rings is 1.